The molecular weight excluding hydrogens is 380 g/mol. The van der Waals surface area contributed by atoms with Crippen LogP contribution in [0.1, 0.15) is 49.5 Å². The van der Waals surface area contributed by atoms with Crippen molar-refractivity contribution in [3.63, 3.8) is 0 Å². The number of aromatic nitrogens is 3. The van der Waals surface area contributed by atoms with Crippen molar-refractivity contribution in [3.8, 4) is 16.3 Å². The molecule has 1 saturated heterocycles. The summed E-state index contributed by atoms with van der Waals surface area (Å²) in [6.07, 6.45) is 9.33. The second-order valence-corrected chi connectivity index (χ2v) is 8.62. The monoisotopic (exact) mass is 408 g/mol. The molecule has 5 nitrogen and oxygen atoms in total. The Balaban J connectivity index is 1.51. The van der Waals surface area contributed by atoms with Gasteiger partial charge in [-0.05, 0) is 44.0 Å². The molecule has 1 fully saturated rings. The second kappa shape index (κ2) is 9.46. The van der Waals surface area contributed by atoms with Gasteiger partial charge in [0.25, 0.3) is 0 Å². The van der Waals surface area contributed by atoms with E-state index in [2.05, 4.69) is 17.3 Å². The third-order valence-electron chi connectivity index (χ3n) is 5.73. The van der Waals surface area contributed by atoms with E-state index < -0.39 is 0 Å². The zero-order valence-corrected chi connectivity index (χ0v) is 17.7. The van der Waals surface area contributed by atoms with Crippen LogP contribution in [0.5, 0.6) is 0 Å². The number of Topliss-reactive ketones (excluding diaryl/α,β-unsaturated/α-hetero) is 1. The summed E-state index contributed by atoms with van der Waals surface area (Å²) in [5, 5.41) is 10.7. The molecular formula is C23H28N4OS. The SMILES string of the molecule is CCCCCC(C(=O)c1csc(-c2cnn(-c3ccccc3)c2)n1)[C@@H]1CCNC1. The average molecular weight is 409 g/mol. The Labute approximate surface area is 176 Å². The van der Waals surface area contributed by atoms with Gasteiger partial charge in [0.15, 0.2) is 5.78 Å². The fourth-order valence-electron chi connectivity index (χ4n) is 4.08. The highest BCUT2D eigenvalue weighted by Crippen LogP contribution is 2.30. The lowest BCUT2D eigenvalue weighted by atomic mass is 9.83. The van der Waals surface area contributed by atoms with Gasteiger partial charge >= 0.3 is 0 Å². The first-order chi connectivity index (χ1) is 14.3. The number of hydrogen-bond acceptors (Lipinski definition) is 5. The van der Waals surface area contributed by atoms with Crippen LogP contribution in [0.15, 0.2) is 48.1 Å². The lowest BCUT2D eigenvalue weighted by molar-refractivity contribution is 0.0862. The van der Waals surface area contributed by atoms with E-state index in [4.69, 9.17) is 4.98 Å². The molecule has 1 N–H and O–H groups in total. The van der Waals surface area contributed by atoms with Crippen LogP contribution < -0.4 is 5.32 Å². The predicted octanol–water partition coefficient (Wildman–Crippen LogP) is 4.98. The molecule has 0 saturated carbocycles. The van der Waals surface area contributed by atoms with E-state index >= 15 is 0 Å². The summed E-state index contributed by atoms with van der Waals surface area (Å²) in [4.78, 5) is 18.0. The van der Waals surface area contributed by atoms with Gasteiger partial charge in [-0.1, -0.05) is 44.4 Å². The standard InChI is InChI=1S/C23H28N4OS/c1-2-3-5-10-20(17-11-12-24-13-17)22(28)21-16-29-23(26-21)18-14-25-27(15-18)19-8-6-4-7-9-19/h4,6-9,14-17,20,24H,2-3,5,10-13H2,1H3/t17-,20?/m1/s1. The number of benzene rings is 1. The van der Waals surface area contributed by atoms with Crippen molar-refractivity contribution in [2.24, 2.45) is 11.8 Å². The van der Waals surface area contributed by atoms with E-state index in [1.807, 2.05) is 52.8 Å². The molecule has 0 radical (unpaired) electrons. The van der Waals surface area contributed by atoms with Gasteiger partial charge in [0, 0.05) is 23.1 Å². The Morgan fingerprint density at radius 3 is 2.93 bits per heavy atom. The normalized spacial score (nSPS) is 17.5. The summed E-state index contributed by atoms with van der Waals surface area (Å²) < 4.78 is 1.84. The van der Waals surface area contributed by atoms with Crippen LogP contribution in [0, 0.1) is 11.8 Å². The number of carbonyl (C=O) groups is 1. The number of ketones is 1. The fourth-order valence-corrected chi connectivity index (χ4v) is 4.86. The highest BCUT2D eigenvalue weighted by atomic mass is 32.1. The highest BCUT2D eigenvalue weighted by molar-refractivity contribution is 7.13. The minimum Gasteiger partial charge on any atom is -0.316 e. The first kappa shape index (κ1) is 20.0. The molecule has 0 aliphatic carbocycles. The van der Waals surface area contributed by atoms with Crippen LogP contribution >= 0.6 is 11.3 Å². The van der Waals surface area contributed by atoms with Gasteiger partial charge in [-0.25, -0.2) is 9.67 Å². The topological polar surface area (TPSA) is 59.8 Å². The molecule has 152 valence electrons. The molecule has 2 atom stereocenters. The van der Waals surface area contributed by atoms with Crippen molar-refractivity contribution in [2.75, 3.05) is 13.1 Å². The van der Waals surface area contributed by atoms with Crippen LogP contribution in [-0.4, -0.2) is 33.6 Å². The number of nitrogens with one attached hydrogen (secondary N) is 1. The Kier molecular flexibility index (Phi) is 6.52. The number of rotatable bonds is 9. The van der Waals surface area contributed by atoms with E-state index in [0.29, 0.717) is 11.6 Å². The molecule has 0 amide bonds. The Morgan fingerprint density at radius 1 is 1.31 bits per heavy atom. The number of carbonyl (C=O) groups excluding carboxylic acids is 1. The maximum Gasteiger partial charge on any atom is 0.185 e. The summed E-state index contributed by atoms with van der Waals surface area (Å²) in [7, 11) is 0. The first-order valence-electron chi connectivity index (χ1n) is 10.6. The summed E-state index contributed by atoms with van der Waals surface area (Å²) in [6.45, 7) is 4.17. The molecule has 0 bridgehead atoms. The van der Waals surface area contributed by atoms with Gasteiger partial charge in [0.1, 0.15) is 10.7 Å². The molecule has 1 unspecified atom stereocenters. The maximum absolute atomic E-state index is 13.3. The first-order valence-corrected chi connectivity index (χ1v) is 11.4. The van der Waals surface area contributed by atoms with Crippen LogP contribution in [-0.2, 0) is 0 Å². The summed E-state index contributed by atoms with van der Waals surface area (Å²) >= 11 is 1.53. The van der Waals surface area contributed by atoms with E-state index in [-0.39, 0.29) is 11.7 Å². The van der Waals surface area contributed by atoms with Crippen LogP contribution in [0.2, 0.25) is 0 Å². The minimum atomic E-state index is 0.0820. The lowest BCUT2D eigenvalue weighted by Gasteiger charge is -2.20. The minimum absolute atomic E-state index is 0.0820. The molecule has 1 aromatic carbocycles. The molecule has 0 spiro atoms. The molecule has 2 aromatic heterocycles. The van der Waals surface area contributed by atoms with Gasteiger partial charge < -0.3 is 5.32 Å². The number of hydrogen-bond donors (Lipinski definition) is 1. The summed E-state index contributed by atoms with van der Waals surface area (Å²) in [5.41, 5.74) is 2.57. The number of nitrogens with zero attached hydrogens (tertiary/aromatic N) is 3. The van der Waals surface area contributed by atoms with Gasteiger partial charge in [-0.3, -0.25) is 4.79 Å². The van der Waals surface area contributed by atoms with E-state index in [1.165, 1.54) is 24.2 Å². The lowest BCUT2D eigenvalue weighted by Crippen LogP contribution is -2.26. The molecule has 3 aromatic rings. The van der Waals surface area contributed by atoms with Gasteiger partial charge in [-0.15, -0.1) is 11.3 Å². The zero-order chi connectivity index (χ0) is 20.1. The molecule has 29 heavy (non-hydrogen) atoms. The van der Waals surface area contributed by atoms with Crippen molar-refractivity contribution in [1.29, 1.82) is 0 Å². The largest absolute Gasteiger partial charge is 0.316 e. The summed E-state index contributed by atoms with van der Waals surface area (Å²) in [5.74, 6) is 0.733. The fraction of sp³-hybridized carbons (Fsp3) is 0.435. The Hall–Kier alpha value is -2.31. The zero-order valence-electron chi connectivity index (χ0n) is 16.9. The van der Waals surface area contributed by atoms with E-state index in [9.17, 15) is 4.79 Å². The smallest absolute Gasteiger partial charge is 0.185 e. The molecule has 3 heterocycles. The number of unbranched alkanes of at least 4 members (excludes halogenated alkanes) is 2. The third kappa shape index (κ3) is 4.65. The van der Waals surface area contributed by atoms with Crippen LogP contribution in [0.3, 0.4) is 0 Å². The van der Waals surface area contributed by atoms with Crippen molar-refractivity contribution in [1.82, 2.24) is 20.1 Å². The van der Waals surface area contributed by atoms with Crippen LogP contribution in [0.4, 0.5) is 0 Å². The average Bonchev–Trinajstić information content (AvgIpc) is 3.52. The van der Waals surface area contributed by atoms with Gasteiger partial charge in [0.2, 0.25) is 0 Å². The Bertz CT molecular complexity index is 927. The number of thiazole rings is 1. The molecule has 4 rings (SSSR count). The van der Waals surface area contributed by atoms with Crippen molar-refractivity contribution in [3.05, 3.63) is 53.8 Å². The highest BCUT2D eigenvalue weighted by Gasteiger charge is 2.32. The van der Waals surface area contributed by atoms with Crippen molar-refractivity contribution >= 4 is 17.1 Å². The van der Waals surface area contributed by atoms with Crippen molar-refractivity contribution < 1.29 is 4.79 Å². The van der Waals surface area contributed by atoms with Gasteiger partial charge in [-0.2, -0.15) is 5.10 Å². The van der Waals surface area contributed by atoms with E-state index in [1.54, 1.807) is 0 Å². The molecule has 6 heteroatoms. The van der Waals surface area contributed by atoms with Crippen molar-refractivity contribution in [2.45, 2.75) is 39.0 Å². The predicted molar refractivity (Wildman–Crippen MR) is 118 cm³/mol. The summed E-state index contributed by atoms with van der Waals surface area (Å²) in [6, 6.07) is 10.0. The second-order valence-electron chi connectivity index (χ2n) is 7.77. The maximum atomic E-state index is 13.3. The third-order valence-corrected chi connectivity index (χ3v) is 6.62. The molecule has 1 aliphatic heterocycles. The van der Waals surface area contributed by atoms with Crippen LogP contribution in [0.25, 0.3) is 16.3 Å². The quantitative estimate of drug-likeness (QED) is 0.400. The number of para-hydroxylation sites is 1. The molecule has 1 aliphatic rings. The van der Waals surface area contributed by atoms with Gasteiger partial charge in [0.05, 0.1) is 11.9 Å². The Morgan fingerprint density at radius 2 is 2.17 bits per heavy atom. The van der Waals surface area contributed by atoms with E-state index in [0.717, 1.165) is 48.6 Å².